The Morgan fingerprint density at radius 3 is 0.770 bits per heavy atom. The Kier molecular flexibility index (Phi) is 70.0. The monoisotopic (exact) mass is 1610 g/mol. The van der Waals surface area contributed by atoms with Gasteiger partial charge in [0, 0.05) is 6.42 Å². The number of hydrogen-bond donors (Lipinski definition) is 12. The van der Waals surface area contributed by atoms with E-state index in [2.05, 4.69) is 19.2 Å². The number of ether oxygens (including phenoxy) is 6. The molecule has 3 rings (SSSR count). The second kappa shape index (κ2) is 74.6. The van der Waals surface area contributed by atoms with Gasteiger partial charge in [0.15, 0.2) is 18.9 Å². The minimum Gasteiger partial charge on any atom is -0.394 e. The molecule has 19 nitrogen and oxygen atoms in total. The SMILES string of the molecule is CCCCCCCCCCCCCCCCCCCCCCCCCCCCCCCCCCCCCCCCCCC(=O)NC(COC1OC(CO)C(OC2OC(CO)C(OC3OC(CO)C(O)C(O)C3O)C(O)C2O)C(O)C1O)C(O)CCCCCCCCCCCCCCCCCCCCCCCCCCCCCC. The van der Waals surface area contributed by atoms with Gasteiger partial charge in [0.2, 0.25) is 5.91 Å². The van der Waals surface area contributed by atoms with E-state index < -0.39 is 124 Å². The van der Waals surface area contributed by atoms with Gasteiger partial charge in [-0.25, -0.2) is 0 Å². The van der Waals surface area contributed by atoms with Crippen LogP contribution in [0, 0.1) is 0 Å². The van der Waals surface area contributed by atoms with Crippen molar-refractivity contribution >= 4 is 5.91 Å². The molecule has 0 radical (unpaired) electrons. The van der Waals surface area contributed by atoms with Crippen molar-refractivity contribution in [2.24, 2.45) is 0 Å². The molecule has 3 saturated heterocycles. The number of carbonyl (C=O) groups is 1. The van der Waals surface area contributed by atoms with Crippen LogP contribution in [0.5, 0.6) is 0 Å². The zero-order chi connectivity index (χ0) is 81.7. The van der Waals surface area contributed by atoms with E-state index in [1.54, 1.807) is 0 Å². The lowest BCUT2D eigenvalue weighted by Gasteiger charge is -2.48. The molecule has 0 aromatic heterocycles. The van der Waals surface area contributed by atoms with Gasteiger partial charge in [-0.3, -0.25) is 4.79 Å². The summed E-state index contributed by atoms with van der Waals surface area (Å²) in [5.41, 5.74) is 0. The third-order valence-electron chi connectivity index (χ3n) is 24.9. The predicted octanol–water partition coefficient (Wildman–Crippen LogP) is 19.6. The first-order valence-electron chi connectivity index (χ1n) is 48.8. The van der Waals surface area contributed by atoms with Gasteiger partial charge in [-0.1, -0.05) is 444 Å². The Balaban J connectivity index is 1.27. The van der Waals surface area contributed by atoms with Gasteiger partial charge in [0.05, 0.1) is 38.6 Å². The number of amides is 1. The molecule has 0 aliphatic carbocycles. The van der Waals surface area contributed by atoms with Gasteiger partial charge in [-0.15, -0.1) is 0 Å². The minimum absolute atomic E-state index is 0.230. The Bertz CT molecular complexity index is 2030. The zero-order valence-corrected chi connectivity index (χ0v) is 72.9. The Morgan fingerprint density at radius 2 is 0.504 bits per heavy atom. The third kappa shape index (κ3) is 52.7. The molecule has 12 N–H and O–H groups in total. The summed E-state index contributed by atoms with van der Waals surface area (Å²) in [6.45, 7) is 1.90. The molecule has 0 spiro atoms. The normalized spacial score (nSPS) is 24.7. The fourth-order valence-electron chi connectivity index (χ4n) is 17.2. The number of aliphatic hydroxyl groups excluding tert-OH is 11. The first-order chi connectivity index (χ1) is 55.3. The predicted molar refractivity (Wildman–Crippen MR) is 457 cm³/mol. The number of aliphatic hydroxyl groups is 11. The molecule has 19 heteroatoms. The average Bonchev–Trinajstić information content (AvgIpc) is 0.777. The summed E-state index contributed by atoms with van der Waals surface area (Å²) in [7, 11) is 0. The van der Waals surface area contributed by atoms with Gasteiger partial charge in [0.25, 0.3) is 0 Å². The van der Waals surface area contributed by atoms with E-state index in [9.17, 15) is 61.0 Å². The molecular formula is C94H183NO18. The summed E-state index contributed by atoms with van der Waals surface area (Å²) < 4.78 is 34.6. The van der Waals surface area contributed by atoms with Crippen LogP contribution in [0.3, 0.4) is 0 Å². The standard InChI is InChI=1S/C94H183NO18/c1-3-5-7-9-11-13-15-17-19-21-23-25-27-29-31-33-34-35-36-37-38-39-40-41-42-43-44-46-48-50-52-54-56-58-60-62-64-66-68-70-72-82(100)95-77(78(99)71-69-67-65-63-61-59-57-55-53-51-49-47-45-32-30-28-26-24-22-20-18-16-14-12-10-8-6-4-2)76-108-92-88(106)85(103)90(80(74-97)110-92)113-94-89(107)86(104)91(81(75-98)111-94)112-93-87(105)84(102)83(101)79(73-96)109-93/h77-81,83-94,96-99,101-107H,3-76H2,1-2H3,(H,95,100). The van der Waals surface area contributed by atoms with Gasteiger partial charge < -0.3 is 89.9 Å². The smallest absolute Gasteiger partial charge is 0.220 e. The van der Waals surface area contributed by atoms with Crippen LogP contribution in [0.25, 0.3) is 0 Å². The highest BCUT2D eigenvalue weighted by Crippen LogP contribution is 2.34. The van der Waals surface area contributed by atoms with Crippen molar-refractivity contribution in [3.63, 3.8) is 0 Å². The van der Waals surface area contributed by atoms with Crippen molar-refractivity contribution in [2.75, 3.05) is 26.4 Å². The fraction of sp³-hybridized carbons (Fsp3) is 0.989. The lowest BCUT2D eigenvalue weighted by Crippen LogP contribution is -2.66. The summed E-state index contributed by atoms with van der Waals surface area (Å²) in [4.78, 5) is 13.6. The summed E-state index contributed by atoms with van der Waals surface area (Å²) in [6, 6.07) is -0.885. The van der Waals surface area contributed by atoms with Crippen molar-refractivity contribution in [1.29, 1.82) is 0 Å². The average molecular weight is 1620 g/mol. The molecule has 3 aliphatic rings. The van der Waals surface area contributed by atoms with E-state index in [4.69, 9.17) is 28.4 Å². The van der Waals surface area contributed by atoms with Crippen molar-refractivity contribution < 1.29 is 89.4 Å². The molecule has 1 amide bonds. The first kappa shape index (κ1) is 106. The maximum absolute atomic E-state index is 13.6. The van der Waals surface area contributed by atoms with Crippen molar-refractivity contribution in [3.05, 3.63) is 0 Å². The van der Waals surface area contributed by atoms with Crippen molar-refractivity contribution in [2.45, 2.75) is 568 Å². The fourth-order valence-corrected chi connectivity index (χ4v) is 17.2. The van der Waals surface area contributed by atoms with Gasteiger partial charge in [-0.05, 0) is 12.8 Å². The summed E-state index contributed by atoms with van der Waals surface area (Å²) in [5.74, 6) is -0.230. The molecule has 0 aromatic rings. The maximum atomic E-state index is 13.6. The minimum atomic E-state index is -1.97. The topological polar surface area (TPSA) is 307 Å². The highest BCUT2D eigenvalue weighted by molar-refractivity contribution is 5.76. The molecule has 113 heavy (non-hydrogen) atoms. The number of rotatable bonds is 82. The van der Waals surface area contributed by atoms with Crippen LogP contribution >= 0.6 is 0 Å². The summed E-state index contributed by atoms with van der Waals surface area (Å²) in [6.07, 6.45) is 65.4. The lowest BCUT2D eigenvalue weighted by molar-refractivity contribution is -0.379. The summed E-state index contributed by atoms with van der Waals surface area (Å²) >= 11 is 0. The van der Waals surface area contributed by atoms with Crippen LogP contribution in [0.15, 0.2) is 0 Å². The van der Waals surface area contributed by atoms with Crippen LogP contribution in [0.4, 0.5) is 0 Å². The molecule has 0 aromatic carbocycles. The number of unbranched alkanes of at least 4 members (excludes halogenated alkanes) is 66. The molecule has 3 fully saturated rings. The van der Waals surface area contributed by atoms with Crippen LogP contribution < -0.4 is 5.32 Å². The number of carbonyl (C=O) groups excluding carboxylic acids is 1. The Labute approximate surface area is 691 Å². The maximum Gasteiger partial charge on any atom is 0.220 e. The molecule has 17 atom stereocenters. The Morgan fingerprint density at radius 1 is 0.283 bits per heavy atom. The van der Waals surface area contributed by atoms with Gasteiger partial charge >= 0.3 is 0 Å². The molecule has 0 saturated carbocycles. The van der Waals surface area contributed by atoms with Gasteiger partial charge in [-0.2, -0.15) is 0 Å². The highest BCUT2D eigenvalue weighted by Gasteiger charge is 2.54. The molecule has 0 bridgehead atoms. The van der Waals surface area contributed by atoms with E-state index in [-0.39, 0.29) is 18.9 Å². The quantitative estimate of drug-likeness (QED) is 0.0252. The largest absolute Gasteiger partial charge is 0.394 e. The molecule has 3 heterocycles. The van der Waals surface area contributed by atoms with Crippen LogP contribution in [-0.2, 0) is 33.2 Å². The second-order valence-electron chi connectivity index (χ2n) is 35.3. The van der Waals surface area contributed by atoms with E-state index >= 15 is 0 Å². The molecule has 17 unspecified atom stereocenters. The van der Waals surface area contributed by atoms with E-state index in [1.165, 1.54) is 385 Å². The van der Waals surface area contributed by atoms with Crippen LogP contribution in [-0.4, -0.2) is 193 Å². The highest BCUT2D eigenvalue weighted by atomic mass is 16.8. The lowest BCUT2D eigenvalue weighted by atomic mass is 9.96. The molecule has 672 valence electrons. The van der Waals surface area contributed by atoms with Crippen LogP contribution in [0.1, 0.15) is 463 Å². The van der Waals surface area contributed by atoms with E-state index in [1.807, 2.05) is 0 Å². The Hall–Kier alpha value is -1.21. The first-order valence-corrected chi connectivity index (χ1v) is 48.8. The molecular weight excluding hydrogens is 1430 g/mol. The van der Waals surface area contributed by atoms with E-state index in [0.29, 0.717) is 12.8 Å². The van der Waals surface area contributed by atoms with Crippen molar-refractivity contribution in [1.82, 2.24) is 5.32 Å². The number of hydrogen-bond acceptors (Lipinski definition) is 18. The number of nitrogens with one attached hydrogen (secondary N) is 1. The van der Waals surface area contributed by atoms with E-state index in [0.717, 1.165) is 44.9 Å². The zero-order valence-electron chi connectivity index (χ0n) is 72.9. The second-order valence-corrected chi connectivity index (χ2v) is 35.3. The summed E-state index contributed by atoms with van der Waals surface area (Å²) in [5, 5.41) is 121. The van der Waals surface area contributed by atoms with Crippen LogP contribution in [0.2, 0.25) is 0 Å². The third-order valence-corrected chi connectivity index (χ3v) is 24.9. The molecule has 3 aliphatic heterocycles. The van der Waals surface area contributed by atoms with Crippen molar-refractivity contribution in [3.8, 4) is 0 Å². The van der Waals surface area contributed by atoms with Gasteiger partial charge in [0.1, 0.15) is 73.2 Å².